The maximum atomic E-state index is 12.9. The van der Waals surface area contributed by atoms with Crippen molar-refractivity contribution in [3.05, 3.63) is 35.6 Å². The maximum Gasteiger partial charge on any atom is 0.283 e. The van der Waals surface area contributed by atoms with Gasteiger partial charge in [0.05, 0.1) is 11.0 Å². The van der Waals surface area contributed by atoms with E-state index in [1.54, 1.807) is 35.9 Å². The first-order valence-electron chi connectivity index (χ1n) is 8.98. The summed E-state index contributed by atoms with van der Waals surface area (Å²) in [6, 6.07) is 7.31. The van der Waals surface area contributed by atoms with Gasteiger partial charge < -0.3 is 8.99 Å². The van der Waals surface area contributed by atoms with E-state index in [9.17, 15) is 8.42 Å². The van der Waals surface area contributed by atoms with Gasteiger partial charge >= 0.3 is 0 Å². The summed E-state index contributed by atoms with van der Waals surface area (Å²) in [5, 5.41) is -0.273. The molecule has 1 N–H and O–H groups in total. The molecule has 0 bridgehead atoms. The van der Waals surface area contributed by atoms with Gasteiger partial charge in [-0.25, -0.2) is 9.97 Å². The molecule has 0 amide bonds. The van der Waals surface area contributed by atoms with Gasteiger partial charge in [0.2, 0.25) is 0 Å². The molecule has 11 heteroatoms. The number of benzene rings is 1. The molecule has 0 aliphatic heterocycles. The normalized spacial score (nSPS) is 12.9. The fourth-order valence-corrected chi connectivity index (χ4v) is 4.44. The summed E-state index contributed by atoms with van der Waals surface area (Å²) in [6.07, 6.45) is 1.40. The quantitative estimate of drug-likeness (QED) is 0.581. The van der Waals surface area contributed by atoms with E-state index in [0.717, 1.165) is 0 Å². The van der Waals surface area contributed by atoms with Crippen molar-refractivity contribution >= 4 is 46.8 Å². The second-order valence-electron chi connectivity index (χ2n) is 8.29. The molecule has 2 aromatic heterocycles. The van der Waals surface area contributed by atoms with E-state index in [1.165, 1.54) is 6.20 Å². The third-order valence-corrected chi connectivity index (χ3v) is 10.8. The fourth-order valence-electron chi connectivity index (χ4n) is 2.25. The zero-order valence-electron chi connectivity index (χ0n) is 17.2. The van der Waals surface area contributed by atoms with Crippen molar-refractivity contribution < 1.29 is 12.8 Å². The molecule has 3 aromatic rings. The zero-order chi connectivity index (χ0) is 21.6. The van der Waals surface area contributed by atoms with Crippen molar-refractivity contribution in [2.24, 2.45) is 7.05 Å². The van der Waals surface area contributed by atoms with E-state index in [2.05, 4.69) is 53.5 Å². The Kier molecular flexibility index (Phi) is 5.39. The summed E-state index contributed by atoms with van der Waals surface area (Å²) in [5.74, 6) is -0.0529. The van der Waals surface area contributed by atoms with E-state index in [0.29, 0.717) is 11.0 Å². The van der Waals surface area contributed by atoms with Crippen LogP contribution in [0.5, 0.6) is 6.01 Å². The van der Waals surface area contributed by atoms with Gasteiger partial charge in [-0.1, -0.05) is 44.5 Å². The third-order valence-electron chi connectivity index (χ3n) is 5.00. The van der Waals surface area contributed by atoms with Crippen molar-refractivity contribution in [3.8, 4) is 6.01 Å². The Bertz CT molecular complexity index is 1170. The van der Waals surface area contributed by atoms with Gasteiger partial charge in [0, 0.05) is 13.2 Å². The van der Waals surface area contributed by atoms with Crippen molar-refractivity contribution in [2.75, 3.05) is 4.72 Å². The van der Waals surface area contributed by atoms with E-state index >= 15 is 0 Å². The smallest absolute Gasteiger partial charge is 0.283 e. The topological polar surface area (TPSA) is 99.0 Å². The molecule has 0 atom stereocenters. The first-order chi connectivity index (χ1) is 13.3. The van der Waals surface area contributed by atoms with Crippen LogP contribution in [-0.4, -0.2) is 36.3 Å². The molecule has 0 saturated carbocycles. The SMILES string of the molecule is Cn1cc(S(=O)(=O)Nc2nc3ccccc3nc2Cl)nc1O[Si](C)(C)C(C)(C)C. The second-order valence-corrected chi connectivity index (χ2v) is 15.0. The average Bonchev–Trinajstić information content (AvgIpc) is 2.95. The van der Waals surface area contributed by atoms with Gasteiger partial charge in [-0.2, -0.15) is 13.4 Å². The van der Waals surface area contributed by atoms with Crippen LogP contribution >= 0.6 is 11.6 Å². The molecule has 1 aromatic carbocycles. The number of rotatable bonds is 5. The van der Waals surface area contributed by atoms with Crippen LogP contribution < -0.4 is 9.15 Å². The molecule has 0 radical (unpaired) electrons. The Hall–Kier alpha value is -2.17. The first-order valence-corrected chi connectivity index (χ1v) is 13.7. The standard InChI is InChI=1S/C18H24ClN5O3SSi/c1-18(2,3)29(5,6)27-17-22-14(11-24(17)4)28(25,26)23-16-15(19)20-12-9-7-8-10-13(12)21-16/h7-11H,1-6H3,(H,21,23). The zero-order valence-corrected chi connectivity index (χ0v) is 19.8. The van der Waals surface area contributed by atoms with Crippen LogP contribution in [0.3, 0.4) is 0 Å². The van der Waals surface area contributed by atoms with E-state index in [4.69, 9.17) is 16.0 Å². The van der Waals surface area contributed by atoms with Gasteiger partial charge in [-0.3, -0.25) is 4.72 Å². The number of sulfonamides is 1. The Morgan fingerprint density at radius 3 is 2.28 bits per heavy atom. The molecule has 29 heavy (non-hydrogen) atoms. The number of anilines is 1. The molecule has 0 spiro atoms. The highest BCUT2D eigenvalue weighted by molar-refractivity contribution is 7.92. The summed E-state index contributed by atoms with van der Waals surface area (Å²) in [4.78, 5) is 12.6. The molecule has 0 saturated heterocycles. The van der Waals surface area contributed by atoms with E-state index < -0.39 is 18.3 Å². The predicted octanol–water partition coefficient (Wildman–Crippen LogP) is 4.20. The number of fused-ring (bicyclic) bond motifs is 1. The van der Waals surface area contributed by atoms with Crippen molar-refractivity contribution in [1.29, 1.82) is 0 Å². The average molecular weight is 454 g/mol. The largest absolute Gasteiger partial charge is 0.518 e. The Balaban J connectivity index is 1.92. The number of imidazole rings is 1. The molecule has 0 fully saturated rings. The Labute approximate surface area is 176 Å². The van der Waals surface area contributed by atoms with Crippen LogP contribution in [0.1, 0.15) is 20.8 Å². The number of para-hydroxylation sites is 2. The number of hydrogen-bond acceptors (Lipinski definition) is 6. The monoisotopic (exact) mass is 453 g/mol. The number of hydrogen-bond donors (Lipinski definition) is 1. The van der Waals surface area contributed by atoms with Crippen LogP contribution in [0.25, 0.3) is 11.0 Å². The molecule has 2 heterocycles. The number of aryl methyl sites for hydroxylation is 1. The second kappa shape index (κ2) is 7.26. The summed E-state index contributed by atoms with van der Waals surface area (Å²) in [7, 11) is -4.52. The summed E-state index contributed by atoms with van der Waals surface area (Å²) in [6.45, 7) is 10.4. The van der Waals surface area contributed by atoms with Crippen LogP contribution in [0.2, 0.25) is 23.3 Å². The molecular weight excluding hydrogens is 430 g/mol. The molecule has 0 unspecified atom stereocenters. The lowest BCUT2D eigenvalue weighted by Gasteiger charge is -2.35. The number of nitrogens with zero attached hydrogens (tertiary/aromatic N) is 4. The molecule has 0 aliphatic carbocycles. The number of halogens is 1. The lowest BCUT2D eigenvalue weighted by atomic mass is 10.2. The minimum atomic E-state index is -4.03. The lowest BCUT2D eigenvalue weighted by Crippen LogP contribution is -2.44. The number of aromatic nitrogens is 4. The molecule has 156 valence electrons. The lowest BCUT2D eigenvalue weighted by molar-refractivity contribution is 0.442. The molecule has 3 rings (SSSR count). The van der Waals surface area contributed by atoms with Crippen LogP contribution in [0.4, 0.5) is 5.82 Å². The highest BCUT2D eigenvalue weighted by atomic mass is 35.5. The van der Waals surface area contributed by atoms with Crippen LogP contribution in [0, 0.1) is 0 Å². The van der Waals surface area contributed by atoms with Crippen molar-refractivity contribution in [3.63, 3.8) is 0 Å². The van der Waals surface area contributed by atoms with Crippen molar-refractivity contribution in [1.82, 2.24) is 19.5 Å². The highest BCUT2D eigenvalue weighted by Gasteiger charge is 2.40. The van der Waals surface area contributed by atoms with Gasteiger partial charge in [-0.15, -0.1) is 0 Å². The Morgan fingerprint density at radius 2 is 1.69 bits per heavy atom. The highest BCUT2D eigenvalue weighted by Crippen LogP contribution is 2.37. The minimum absolute atomic E-state index is 0.0408. The Morgan fingerprint density at radius 1 is 1.10 bits per heavy atom. The van der Waals surface area contributed by atoms with Crippen molar-refractivity contribution in [2.45, 2.75) is 43.9 Å². The fraction of sp³-hybridized carbons (Fsp3) is 0.389. The summed E-state index contributed by atoms with van der Waals surface area (Å²) in [5.41, 5.74) is 1.10. The summed E-state index contributed by atoms with van der Waals surface area (Å²) < 4.78 is 35.8. The van der Waals surface area contributed by atoms with Crippen LogP contribution in [-0.2, 0) is 17.1 Å². The van der Waals surface area contributed by atoms with Gasteiger partial charge in [-0.05, 0) is 30.3 Å². The van der Waals surface area contributed by atoms with Gasteiger partial charge in [0.15, 0.2) is 16.0 Å². The number of nitrogens with one attached hydrogen (secondary N) is 1. The minimum Gasteiger partial charge on any atom is -0.518 e. The predicted molar refractivity (Wildman–Crippen MR) is 116 cm³/mol. The van der Waals surface area contributed by atoms with E-state index in [-0.39, 0.29) is 27.0 Å². The maximum absolute atomic E-state index is 12.9. The molecular formula is C18H24ClN5O3SSi. The molecule has 8 nitrogen and oxygen atoms in total. The van der Waals surface area contributed by atoms with Gasteiger partial charge in [0.1, 0.15) is 0 Å². The van der Waals surface area contributed by atoms with Gasteiger partial charge in [0.25, 0.3) is 24.4 Å². The first kappa shape index (κ1) is 21.5. The summed E-state index contributed by atoms with van der Waals surface area (Å²) >= 11 is 6.13. The van der Waals surface area contributed by atoms with E-state index in [1.807, 2.05) is 0 Å². The van der Waals surface area contributed by atoms with Crippen LogP contribution in [0.15, 0.2) is 35.5 Å². The third kappa shape index (κ3) is 4.38. The molecule has 0 aliphatic rings.